The number of ether oxygens (including phenoxy) is 1. The maximum atomic E-state index is 12.4. The molecule has 6 nitrogen and oxygen atoms in total. The van der Waals surface area contributed by atoms with Gasteiger partial charge in [0.25, 0.3) is 0 Å². The summed E-state index contributed by atoms with van der Waals surface area (Å²) in [6.45, 7) is 7.00. The average molecular weight is 339 g/mol. The monoisotopic (exact) mass is 339 g/mol. The molecule has 2 heterocycles. The van der Waals surface area contributed by atoms with Gasteiger partial charge in [-0.3, -0.25) is 4.79 Å². The first-order valence-corrected chi connectivity index (χ1v) is 9.46. The molecule has 2 aliphatic heterocycles. The van der Waals surface area contributed by atoms with Gasteiger partial charge in [0, 0.05) is 45.8 Å². The summed E-state index contributed by atoms with van der Waals surface area (Å²) in [5, 5.41) is 13.7. The van der Waals surface area contributed by atoms with Crippen molar-refractivity contribution in [2.75, 3.05) is 46.4 Å². The molecular formula is C18H33N3O3. The minimum Gasteiger partial charge on any atom is -0.391 e. The molecule has 3 rings (SSSR count). The summed E-state index contributed by atoms with van der Waals surface area (Å²) in [5.41, 5.74) is 0.254. The van der Waals surface area contributed by atoms with Crippen molar-refractivity contribution in [1.82, 2.24) is 15.1 Å². The molecule has 6 heteroatoms. The van der Waals surface area contributed by atoms with Gasteiger partial charge in [-0.1, -0.05) is 0 Å². The van der Waals surface area contributed by atoms with Gasteiger partial charge in [-0.2, -0.15) is 0 Å². The molecule has 0 radical (unpaired) electrons. The lowest BCUT2D eigenvalue weighted by Gasteiger charge is -2.38. The lowest BCUT2D eigenvalue weighted by Crippen LogP contribution is -2.49. The smallest absolute Gasteiger partial charge is 0.224 e. The second-order valence-corrected chi connectivity index (χ2v) is 7.98. The fraction of sp³-hybridized carbons (Fsp3) is 0.944. The molecule has 24 heavy (non-hydrogen) atoms. The number of nitrogens with zero attached hydrogens (tertiary/aromatic N) is 2. The summed E-state index contributed by atoms with van der Waals surface area (Å²) in [6, 6.07) is 0.446. The molecule has 0 aromatic heterocycles. The number of aliphatic hydroxyl groups is 1. The Balaban J connectivity index is 1.54. The van der Waals surface area contributed by atoms with E-state index < -0.39 is 0 Å². The average Bonchev–Trinajstić information content (AvgIpc) is 3.34. The molecule has 1 saturated carbocycles. The second-order valence-electron chi connectivity index (χ2n) is 7.98. The fourth-order valence-electron chi connectivity index (χ4n) is 4.26. The summed E-state index contributed by atoms with van der Waals surface area (Å²) in [7, 11) is 1.71. The quantitative estimate of drug-likeness (QED) is 0.736. The van der Waals surface area contributed by atoms with Gasteiger partial charge in [-0.15, -0.1) is 0 Å². The van der Waals surface area contributed by atoms with Crippen LogP contribution in [0.2, 0.25) is 0 Å². The van der Waals surface area contributed by atoms with Crippen LogP contribution in [0.3, 0.4) is 0 Å². The van der Waals surface area contributed by atoms with E-state index in [0.29, 0.717) is 19.1 Å². The number of nitrogens with one attached hydrogen (secondary N) is 1. The SMILES string of the molecule is COC[C@H](CCN1CCC2(CC2)C(O)C1)N1CC(C)NCCC1=O. The van der Waals surface area contributed by atoms with Crippen molar-refractivity contribution in [3.63, 3.8) is 0 Å². The predicted octanol–water partition coefficient (Wildman–Crippen LogP) is 0.449. The molecule has 1 aliphatic carbocycles. The third-order valence-corrected chi connectivity index (χ3v) is 6.16. The summed E-state index contributed by atoms with van der Waals surface area (Å²) in [5.74, 6) is 0.226. The molecule has 0 aromatic carbocycles. The number of piperidine rings is 1. The van der Waals surface area contributed by atoms with Crippen LogP contribution in [0, 0.1) is 5.41 Å². The molecule has 0 aromatic rings. The summed E-state index contributed by atoms with van der Waals surface area (Å²) in [4.78, 5) is 16.8. The Kier molecular flexibility index (Phi) is 5.80. The molecule has 2 unspecified atom stereocenters. The summed E-state index contributed by atoms with van der Waals surface area (Å²) >= 11 is 0. The third-order valence-electron chi connectivity index (χ3n) is 6.16. The molecule has 2 saturated heterocycles. The number of hydrogen-bond donors (Lipinski definition) is 2. The van der Waals surface area contributed by atoms with E-state index in [0.717, 1.165) is 45.6 Å². The number of hydrogen-bond acceptors (Lipinski definition) is 5. The van der Waals surface area contributed by atoms with E-state index in [-0.39, 0.29) is 23.5 Å². The lowest BCUT2D eigenvalue weighted by atomic mass is 9.90. The minimum absolute atomic E-state index is 0.124. The third kappa shape index (κ3) is 4.10. The maximum Gasteiger partial charge on any atom is 0.224 e. The Morgan fingerprint density at radius 3 is 2.83 bits per heavy atom. The number of likely N-dealkylation sites (tertiary alicyclic amines) is 1. The Labute approximate surface area is 145 Å². The zero-order chi connectivity index (χ0) is 17.2. The zero-order valence-electron chi connectivity index (χ0n) is 15.2. The molecule has 138 valence electrons. The van der Waals surface area contributed by atoms with Crippen molar-refractivity contribution in [2.45, 2.75) is 57.2 Å². The lowest BCUT2D eigenvalue weighted by molar-refractivity contribution is -0.134. The van der Waals surface area contributed by atoms with Crippen LogP contribution >= 0.6 is 0 Å². The van der Waals surface area contributed by atoms with Gasteiger partial charge in [0.2, 0.25) is 5.91 Å². The van der Waals surface area contributed by atoms with E-state index in [2.05, 4.69) is 17.1 Å². The highest BCUT2D eigenvalue weighted by molar-refractivity contribution is 5.77. The number of carbonyl (C=O) groups excluding carboxylic acids is 1. The normalized spacial score (nSPS) is 32.0. The Bertz CT molecular complexity index is 441. The van der Waals surface area contributed by atoms with Crippen LogP contribution in [0.5, 0.6) is 0 Å². The minimum atomic E-state index is -0.170. The molecule has 3 aliphatic rings. The summed E-state index contributed by atoms with van der Waals surface area (Å²) in [6.07, 6.45) is 4.81. The predicted molar refractivity (Wildman–Crippen MR) is 92.8 cm³/mol. The number of amides is 1. The molecule has 1 amide bonds. The van der Waals surface area contributed by atoms with Gasteiger partial charge in [0.1, 0.15) is 0 Å². The van der Waals surface area contributed by atoms with Crippen molar-refractivity contribution in [2.24, 2.45) is 5.41 Å². The van der Waals surface area contributed by atoms with E-state index in [1.165, 1.54) is 12.8 Å². The van der Waals surface area contributed by atoms with Crippen LogP contribution in [-0.2, 0) is 9.53 Å². The molecule has 3 atom stereocenters. The van der Waals surface area contributed by atoms with E-state index in [1.807, 2.05) is 4.90 Å². The Morgan fingerprint density at radius 2 is 2.17 bits per heavy atom. The van der Waals surface area contributed by atoms with E-state index in [9.17, 15) is 9.90 Å². The fourth-order valence-corrected chi connectivity index (χ4v) is 4.26. The van der Waals surface area contributed by atoms with Crippen molar-refractivity contribution in [1.29, 1.82) is 0 Å². The van der Waals surface area contributed by atoms with Gasteiger partial charge in [0.15, 0.2) is 0 Å². The number of aliphatic hydroxyl groups excluding tert-OH is 1. The molecular weight excluding hydrogens is 306 g/mol. The summed E-state index contributed by atoms with van der Waals surface area (Å²) < 4.78 is 5.40. The maximum absolute atomic E-state index is 12.4. The van der Waals surface area contributed by atoms with E-state index in [1.54, 1.807) is 7.11 Å². The van der Waals surface area contributed by atoms with Gasteiger partial charge in [0.05, 0.1) is 18.8 Å². The van der Waals surface area contributed by atoms with Crippen molar-refractivity contribution < 1.29 is 14.6 Å². The van der Waals surface area contributed by atoms with Gasteiger partial charge < -0.3 is 25.0 Å². The van der Waals surface area contributed by atoms with Crippen LogP contribution in [0.25, 0.3) is 0 Å². The van der Waals surface area contributed by atoms with Gasteiger partial charge in [-0.25, -0.2) is 0 Å². The van der Waals surface area contributed by atoms with Crippen LogP contribution in [0.15, 0.2) is 0 Å². The first kappa shape index (κ1) is 18.1. The standard InChI is InChI=1S/C18H33N3O3/c1-14-11-21(17(23)3-8-19-14)15(13-24-2)4-9-20-10-7-18(5-6-18)16(22)12-20/h14-16,19,22H,3-13H2,1-2H3/t14?,15-,16?/m0/s1. The topological polar surface area (TPSA) is 65.0 Å². The number of β-amino-alcohol motifs (C(OH)–C–C–N with tert-alkyl or cyclic N) is 1. The van der Waals surface area contributed by atoms with Gasteiger partial charge >= 0.3 is 0 Å². The van der Waals surface area contributed by atoms with E-state index >= 15 is 0 Å². The number of methoxy groups -OCH3 is 1. The highest BCUT2D eigenvalue weighted by atomic mass is 16.5. The number of rotatable bonds is 6. The first-order valence-electron chi connectivity index (χ1n) is 9.46. The van der Waals surface area contributed by atoms with Crippen LogP contribution in [0.1, 0.15) is 39.0 Å². The van der Waals surface area contributed by atoms with Crippen LogP contribution in [-0.4, -0.2) is 85.4 Å². The first-order chi connectivity index (χ1) is 11.5. The van der Waals surface area contributed by atoms with E-state index in [4.69, 9.17) is 4.74 Å². The molecule has 1 spiro atoms. The Hall–Kier alpha value is -0.690. The molecule has 2 N–H and O–H groups in total. The van der Waals surface area contributed by atoms with Crippen molar-refractivity contribution in [3.05, 3.63) is 0 Å². The molecule has 0 bridgehead atoms. The van der Waals surface area contributed by atoms with Crippen LogP contribution in [0.4, 0.5) is 0 Å². The van der Waals surface area contributed by atoms with Crippen molar-refractivity contribution >= 4 is 5.91 Å². The van der Waals surface area contributed by atoms with Crippen LogP contribution < -0.4 is 5.32 Å². The zero-order valence-corrected chi connectivity index (χ0v) is 15.2. The highest BCUT2D eigenvalue weighted by Gasteiger charge is 2.51. The van der Waals surface area contributed by atoms with Crippen molar-refractivity contribution in [3.8, 4) is 0 Å². The largest absolute Gasteiger partial charge is 0.391 e. The molecule has 3 fully saturated rings. The van der Waals surface area contributed by atoms with Gasteiger partial charge in [-0.05, 0) is 44.6 Å². The Morgan fingerprint density at radius 1 is 1.38 bits per heavy atom. The second kappa shape index (κ2) is 7.68. The highest BCUT2D eigenvalue weighted by Crippen LogP contribution is 2.53. The number of carbonyl (C=O) groups is 1.